The minimum atomic E-state index is -0.0518. The number of aryl methyl sites for hydroxylation is 1. The van der Waals surface area contributed by atoms with Crippen LogP contribution in [0.15, 0.2) is 53.1 Å². The van der Waals surface area contributed by atoms with Crippen molar-refractivity contribution in [2.45, 2.75) is 32.1 Å². The van der Waals surface area contributed by atoms with Crippen LogP contribution in [0.4, 0.5) is 0 Å². The molecule has 3 aromatic rings. The Morgan fingerprint density at radius 2 is 1.93 bits per heavy atom. The molecule has 1 saturated heterocycles. The Kier molecular flexibility index (Phi) is 6.09. The standard InChI is InChI=1S/C24H25ClN2O3/c1-16-22(23(26-30-16)20-8-3-4-9-21(20)25)24(28)27-14-6-5-7-18(15-27)17-10-12-19(29-2)13-11-17/h3-4,8-13,18H,5-7,14-15H2,1-2H3. The Labute approximate surface area is 181 Å². The second kappa shape index (κ2) is 8.92. The molecule has 1 fully saturated rings. The van der Waals surface area contributed by atoms with Gasteiger partial charge in [-0.05, 0) is 43.5 Å². The SMILES string of the molecule is COc1ccc(C2CCCCN(C(=O)c3c(-c4ccccc4Cl)noc3C)C2)cc1. The van der Waals surface area contributed by atoms with Crippen molar-refractivity contribution in [1.29, 1.82) is 0 Å². The van der Waals surface area contributed by atoms with Gasteiger partial charge in [0.25, 0.3) is 5.91 Å². The van der Waals surface area contributed by atoms with Gasteiger partial charge in [0.2, 0.25) is 0 Å². The molecule has 0 saturated carbocycles. The van der Waals surface area contributed by atoms with Gasteiger partial charge in [0.15, 0.2) is 0 Å². The second-order valence-corrected chi connectivity index (χ2v) is 8.07. The van der Waals surface area contributed by atoms with E-state index in [2.05, 4.69) is 17.3 Å². The monoisotopic (exact) mass is 424 g/mol. The Bertz CT molecular complexity index is 1030. The molecule has 1 amide bonds. The van der Waals surface area contributed by atoms with Crippen LogP contribution < -0.4 is 4.74 Å². The predicted molar refractivity (Wildman–Crippen MR) is 117 cm³/mol. The van der Waals surface area contributed by atoms with Crippen LogP contribution in [0.1, 0.15) is 46.9 Å². The lowest BCUT2D eigenvalue weighted by Gasteiger charge is -2.25. The first-order chi connectivity index (χ1) is 14.6. The summed E-state index contributed by atoms with van der Waals surface area (Å²) in [7, 11) is 1.67. The number of halogens is 1. The zero-order valence-electron chi connectivity index (χ0n) is 17.2. The van der Waals surface area contributed by atoms with Crippen LogP contribution in [0.5, 0.6) is 5.75 Å². The summed E-state index contributed by atoms with van der Waals surface area (Å²) in [6, 6.07) is 15.5. The molecule has 0 aliphatic carbocycles. The number of aromatic nitrogens is 1. The fourth-order valence-corrected chi connectivity index (χ4v) is 4.32. The Morgan fingerprint density at radius 1 is 1.17 bits per heavy atom. The van der Waals surface area contributed by atoms with Crippen LogP contribution in [0.2, 0.25) is 5.02 Å². The highest BCUT2D eigenvalue weighted by Crippen LogP contribution is 2.33. The molecule has 2 heterocycles. The van der Waals surface area contributed by atoms with E-state index in [1.54, 1.807) is 20.1 Å². The first-order valence-corrected chi connectivity index (χ1v) is 10.6. The Balaban J connectivity index is 1.63. The molecule has 4 rings (SSSR count). The number of benzene rings is 2. The summed E-state index contributed by atoms with van der Waals surface area (Å²) in [6.45, 7) is 3.16. The largest absolute Gasteiger partial charge is 0.497 e. The van der Waals surface area contributed by atoms with Crippen molar-refractivity contribution < 1.29 is 14.1 Å². The number of likely N-dealkylation sites (tertiary alicyclic amines) is 1. The molecule has 5 nitrogen and oxygen atoms in total. The van der Waals surface area contributed by atoms with Gasteiger partial charge in [0.1, 0.15) is 22.8 Å². The van der Waals surface area contributed by atoms with Crippen LogP contribution in [-0.2, 0) is 0 Å². The van der Waals surface area contributed by atoms with Crippen molar-refractivity contribution in [2.24, 2.45) is 0 Å². The smallest absolute Gasteiger partial charge is 0.259 e. The molecule has 156 valence electrons. The van der Waals surface area contributed by atoms with E-state index in [-0.39, 0.29) is 11.8 Å². The van der Waals surface area contributed by atoms with Crippen molar-refractivity contribution in [3.8, 4) is 17.0 Å². The maximum atomic E-state index is 13.6. The highest BCUT2D eigenvalue weighted by Gasteiger charge is 2.30. The minimum absolute atomic E-state index is 0.0518. The Morgan fingerprint density at radius 3 is 2.67 bits per heavy atom. The van der Waals surface area contributed by atoms with Crippen molar-refractivity contribution in [1.82, 2.24) is 10.1 Å². The van der Waals surface area contributed by atoms with E-state index in [1.807, 2.05) is 35.2 Å². The van der Waals surface area contributed by atoms with E-state index >= 15 is 0 Å². The van der Waals surface area contributed by atoms with E-state index in [9.17, 15) is 4.79 Å². The Hall–Kier alpha value is -2.79. The van der Waals surface area contributed by atoms with Gasteiger partial charge in [0.05, 0.1) is 12.1 Å². The zero-order chi connectivity index (χ0) is 21.1. The zero-order valence-corrected chi connectivity index (χ0v) is 18.0. The molecule has 2 aromatic carbocycles. The average molecular weight is 425 g/mol. The molecule has 1 aliphatic heterocycles. The molecular weight excluding hydrogens is 400 g/mol. The van der Waals surface area contributed by atoms with E-state index in [1.165, 1.54) is 5.56 Å². The number of carbonyl (C=O) groups excluding carboxylic acids is 1. The molecule has 0 spiro atoms. The van der Waals surface area contributed by atoms with Gasteiger partial charge in [-0.15, -0.1) is 0 Å². The third kappa shape index (κ3) is 4.08. The van der Waals surface area contributed by atoms with E-state index in [0.717, 1.165) is 31.6 Å². The molecule has 1 aliphatic rings. The molecule has 1 aromatic heterocycles. The van der Waals surface area contributed by atoms with Crippen molar-refractivity contribution in [3.63, 3.8) is 0 Å². The van der Waals surface area contributed by atoms with E-state index in [0.29, 0.717) is 34.1 Å². The minimum Gasteiger partial charge on any atom is -0.497 e. The topological polar surface area (TPSA) is 55.6 Å². The maximum Gasteiger partial charge on any atom is 0.259 e. The van der Waals surface area contributed by atoms with Crippen LogP contribution >= 0.6 is 11.6 Å². The van der Waals surface area contributed by atoms with Gasteiger partial charge in [-0.25, -0.2) is 0 Å². The quantitative estimate of drug-likeness (QED) is 0.537. The summed E-state index contributed by atoms with van der Waals surface area (Å²) in [6.07, 6.45) is 3.11. The first kappa shape index (κ1) is 20.5. The first-order valence-electron chi connectivity index (χ1n) is 10.2. The van der Waals surface area contributed by atoms with Crippen molar-refractivity contribution in [3.05, 3.63) is 70.4 Å². The normalized spacial score (nSPS) is 16.9. The van der Waals surface area contributed by atoms with Crippen LogP contribution in [0.3, 0.4) is 0 Å². The van der Waals surface area contributed by atoms with Gasteiger partial charge in [-0.2, -0.15) is 0 Å². The van der Waals surface area contributed by atoms with Gasteiger partial charge < -0.3 is 14.2 Å². The molecule has 1 unspecified atom stereocenters. The number of rotatable bonds is 4. The summed E-state index contributed by atoms with van der Waals surface area (Å²) in [5.41, 5.74) is 2.94. The second-order valence-electron chi connectivity index (χ2n) is 7.66. The van der Waals surface area contributed by atoms with Gasteiger partial charge in [-0.1, -0.05) is 53.5 Å². The summed E-state index contributed by atoms with van der Waals surface area (Å²) in [5, 5.41) is 4.71. The summed E-state index contributed by atoms with van der Waals surface area (Å²) in [5.74, 6) is 1.58. The average Bonchev–Trinajstić information content (AvgIpc) is 2.98. The van der Waals surface area contributed by atoms with Crippen molar-refractivity contribution in [2.75, 3.05) is 20.2 Å². The third-order valence-electron chi connectivity index (χ3n) is 5.75. The van der Waals surface area contributed by atoms with E-state index in [4.69, 9.17) is 20.9 Å². The number of nitrogens with zero attached hydrogens (tertiary/aromatic N) is 2. The van der Waals surface area contributed by atoms with Crippen molar-refractivity contribution >= 4 is 17.5 Å². The number of carbonyl (C=O) groups is 1. The molecule has 30 heavy (non-hydrogen) atoms. The lowest BCUT2D eigenvalue weighted by molar-refractivity contribution is 0.0753. The molecule has 6 heteroatoms. The third-order valence-corrected chi connectivity index (χ3v) is 6.08. The lowest BCUT2D eigenvalue weighted by atomic mass is 9.94. The molecule has 0 radical (unpaired) electrons. The highest BCUT2D eigenvalue weighted by molar-refractivity contribution is 6.33. The number of ether oxygens (including phenoxy) is 1. The van der Waals surface area contributed by atoms with Crippen LogP contribution in [-0.4, -0.2) is 36.2 Å². The molecule has 0 bridgehead atoms. The summed E-state index contributed by atoms with van der Waals surface area (Å²) >= 11 is 6.37. The fourth-order valence-electron chi connectivity index (χ4n) is 4.09. The maximum absolute atomic E-state index is 13.6. The number of hydrogen-bond donors (Lipinski definition) is 0. The summed E-state index contributed by atoms with van der Waals surface area (Å²) < 4.78 is 10.7. The fraction of sp³-hybridized carbons (Fsp3) is 0.333. The number of amides is 1. The number of methoxy groups -OCH3 is 1. The van der Waals surface area contributed by atoms with Crippen LogP contribution in [0.25, 0.3) is 11.3 Å². The number of hydrogen-bond acceptors (Lipinski definition) is 4. The highest BCUT2D eigenvalue weighted by atomic mass is 35.5. The van der Waals surface area contributed by atoms with Crippen LogP contribution in [0, 0.1) is 6.92 Å². The molecular formula is C24H25ClN2O3. The predicted octanol–water partition coefficient (Wildman–Crippen LogP) is 5.72. The lowest BCUT2D eigenvalue weighted by Crippen LogP contribution is -2.34. The van der Waals surface area contributed by atoms with Gasteiger partial charge in [-0.3, -0.25) is 4.79 Å². The van der Waals surface area contributed by atoms with Gasteiger partial charge >= 0.3 is 0 Å². The molecule has 0 N–H and O–H groups in total. The van der Waals surface area contributed by atoms with Gasteiger partial charge in [0, 0.05) is 24.6 Å². The molecule has 1 atom stereocenters. The summed E-state index contributed by atoms with van der Waals surface area (Å²) in [4.78, 5) is 15.5. The van der Waals surface area contributed by atoms with E-state index < -0.39 is 0 Å².